The van der Waals surface area contributed by atoms with Crippen LogP contribution in [0.2, 0.25) is 0 Å². The highest BCUT2D eigenvalue weighted by Gasteiger charge is 2.19. The van der Waals surface area contributed by atoms with Crippen LogP contribution in [-0.2, 0) is 28.6 Å². The summed E-state index contributed by atoms with van der Waals surface area (Å²) in [7, 11) is 0. The maximum absolute atomic E-state index is 12.9. The Kier molecular flexibility index (Phi) is 65.6. The van der Waals surface area contributed by atoms with Crippen molar-refractivity contribution in [3.63, 3.8) is 0 Å². The van der Waals surface area contributed by atoms with E-state index in [1.807, 2.05) is 0 Å². The second kappa shape index (κ2) is 67.4. The second-order valence-electron chi connectivity index (χ2n) is 24.2. The summed E-state index contributed by atoms with van der Waals surface area (Å²) < 4.78 is 16.9. The molecule has 78 heavy (non-hydrogen) atoms. The van der Waals surface area contributed by atoms with Crippen molar-refractivity contribution in [3.05, 3.63) is 24.3 Å². The summed E-state index contributed by atoms with van der Waals surface area (Å²) in [6, 6.07) is 0. The highest BCUT2D eigenvalue weighted by molar-refractivity contribution is 5.71. The van der Waals surface area contributed by atoms with E-state index in [0.717, 1.165) is 64.2 Å². The van der Waals surface area contributed by atoms with Gasteiger partial charge in [-0.15, -0.1) is 0 Å². The molecule has 0 aliphatic heterocycles. The van der Waals surface area contributed by atoms with Crippen LogP contribution < -0.4 is 0 Å². The smallest absolute Gasteiger partial charge is 0.306 e. The summed E-state index contributed by atoms with van der Waals surface area (Å²) in [4.78, 5) is 38.1. The van der Waals surface area contributed by atoms with Crippen LogP contribution >= 0.6 is 0 Å². The molecule has 0 aromatic heterocycles. The van der Waals surface area contributed by atoms with Gasteiger partial charge in [0.2, 0.25) is 0 Å². The predicted molar refractivity (Wildman–Crippen MR) is 340 cm³/mol. The molecule has 0 aliphatic rings. The van der Waals surface area contributed by atoms with E-state index >= 15 is 0 Å². The fraction of sp³-hybridized carbons (Fsp3) is 0.903. The maximum atomic E-state index is 12.9. The van der Waals surface area contributed by atoms with E-state index in [1.165, 1.54) is 295 Å². The summed E-state index contributed by atoms with van der Waals surface area (Å²) in [5.41, 5.74) is 0. The number of esters is 3. The van der Waals surface area contributed by atoms with Crippen molar-refractivity contribution in [2.24, 2.45) is 0 Å². The van der Waals surface area contributed by atoms with Gasteiger partial charge in [0, 0.05) is 19.3 Å². The third-order valence-corrected chi connectivity index (χ3v) is 16.2. The third-order valence-electron chi connectivity index (χ3n) is 16.2. The zero-order valence-electron chi connectivity index (χ0n) is 53.0. The fourth-order valence-electron chi connectivity index (χ4n) is 10.9. The van der Waals surface area contributed by atoms with Crippen molar-refractivity contribution in [3.8, 4) is 0 Å². The molecule has 0 fully saturated rings. The third kappa shape index (κ3) is 64.7. The van der Waals surface area contributed by atoms with Crippen LogP contribution in [0.4, 0.5) is 0 Å². The van der Waals surface area contributed by atoms with Crippen molar-refractivity contribution < 1.29 is 28.6 Å². The molecule has 0 aromatic rings. The molecule has 0 aliphatic carbocycles. The maximum Gasteiger partial charge on any atom is 0.306 e. The predicted octanol–water partition coefficient (Wildman–Crippen LogP) is 24.2. The van der Waals surface area contributed by atoms with Gasteiger partial charge in [0.1, 0.15) is 13.2 Å². The van der Waals surface area contributed by atoms with Gasteiger partial charge in [-0.1, -0.05) is 353 Å². The molecule has 0 aromatic carbocycles. The van der Waals surface area contributed by atoms with E-state index in [-0.39, 0.29) is 31.1 Å². The Labute approximate surface area is 487 Å². The minimum absolute atomic E-state index is 0.0658. The lowest BCUT2D eigenvalue weighted by molar-refractivity contribution is -0.167. The van der Waals surface area contributed by atoms with Crippen molar-refractivity contribution >= 4 is 17.9 Å². The molecule has 0 rings (SSSR count). The van der Waals surface area contributed by atoms with Gasteiger partial charge < -0.3 is 14.2 Å². The second-order valence-corrected chi connectivity index (χ2v) is 24.2. The summed E-state index contributed by atoms with van der Waals surface area (Å²) in [5, 5.41) is 0. The lowest BCUT2D eigenvalue weighted by Gasteiger charge is -2.18. The van der Waals surface area contributed by atoms with Crippen molar-refractivity contribution in [1.82, 2.24) is 0 Å². The van der Waals surface area contributed by atoms with E-state index in [9.17, 15) is 14.4 Å². The normalized spacial score (nSPS) is 12.1. The number of carbonyl (C=O) groups is 3. The topological polar surface area (TPSA) is 78.9 Å². The number of rotatable bonds is 66. The molecule has 0 heterocycles. The average Bonchev–Trinajstić information content (AvgIpc) is 3.44. The van der Waals surface area contributed by atoms with Crippen LogP contribution in [0.25, 0.3) is 0 Å². The van der Waals surface area contributed by atoms with Crippen molar-refractivity contribution in [1.29, 1.82) is 0 Å². The Morgan fingerprint density at radius 1 is 0.256 bits per heavy atom. The fourth-order valence-corrected chi connectivity index (χ4v) is 10.9. The first-order valence-electron chi connectivity index (χ1n) is 35.3. The Bertz CT molecular complexity index is 1260. The molecule has 0 saturated carbocycles. The Balaban J connectivity index is 3.96. The van der Waals surface area contributed by atoms with Crippen LogP contribution in [0.5, 0.6) is 0 Å². The molecule has 0 spiro atoms. The highest BCUT2D eigenvalue weighted by Crippen LogP contribution is 2.19. The molecule has 0 radical (unpaired) electrons. The number of carbonyl (C=O) groups excluding carboxylic acids is 3. The number of hydrogen-bond acceptors (Lipinski definition) is 6. The first-order valence-corrected chi connectivity index (χ1v) is 35.3. The molecule has 0 amide bonds. The zero-order chi connectivity index (χ0) is 56.4. The molecule has 0 saturated heterocycles. The van der Waals surface area contributed by atoms with Gasteiger partial charge >= 0.3 is 17.9 Å². The number of ether oxygens (including phenoxy) is 3. The summed E-state index contributed by atoms with van der Waals surface area (Å²) in [6.45, 7) is 6.64. The molecule has 0 N–H and O–H groups in total. The van der Waals surface area contributed by atoms with E-state index in [4.69, 9.17) is 14.2 Å². The average molecular weight is 1100 g/mol. The van der Waals surface area contributed by atoms with E-state index < -0.39 is 6.10 Å². The molecule has 6 heteroatoms. The van der Waals surface area contributed by atoms with E-state index in [1.54, 1.807) is 0 Å². The molecule has 1 atom stereocenters. The van der Waals surface area contributed by atoms with Gasteiger partial charge in [-0.25, -0.2) is 0 Å². The van der Waals surface area contributed by atoms with Gasteiger partial charge in [0.05, 0.1) is 0 Å². The number of unbranched alkanes of at least 4 members (excludes halogenated alkanes) is 51. The molecule has 6 nitrogen and oxygen atoms in total. The zero-order valence-corrected chi connectivity index (χ0v) is 53.0. The summed E-state index contributed by atoms with van der Waals surface area (Å²) in [6.07, 6.45) is 82.6. The van der Waals surface area contributed by atoms with Crippen LogP contribution in [0.3, 0.4) is 0 Å². The summed E-state index contributed by atoms with van der Waals surface area (Å²) >= 11 is 0. The molecular formula is C72H136O6. The monoisotopic (exact) mass is 1100 g/mol. The molecule has 1 unspecified atom stereocenters. The van der Waals surface area contributed by atoms with Gasteiger partial charge in [-0.2, -0.15) is 0 Å². The number of allylic oxidation sites excluding steroid dienone is 4. The summed E-state index contributed by atoms with van der Waals surface area (Å²) in [5.74, 6) is -0.849. The standard InChI is InChI=1S/C72H136O6/c1-4-7-10-13-16-18-20-22-24-26-28-30-32-34-35-36-37-39-40-42-44-46-48-50-52-54-56-59-62-65-71(74)77-68-69(67-76-70(73)64-61-58-15-12-9-6-3)78-72(75)66-63-60-57-55-53-51-49-47-45-43-41-38-33-31-29-27-25-23-21-19-17-14-11-8-5-2/h21,23,27,29,69H,4-20,22,24-26,28,30-68H2,1-3H3/b23-21-,29-27-. The van der Waals surface area contributed by atoms with E-state index in [2.05, 4.69) is 45.1 Å². The largest absolute Gasteiger partial charge is 0.462 e. The van der Waals surface area contributed by atoms with Crippen molar-refractivity contribution in [2.45, 2.75) is 406 Å². The van der Waals surface area contributed by atoms with Gasteiger partial charge in [0.15, 0.2) is 6.10 Å². The Morgan fingerprint density at radius 3 is 0.705 bits per heavy atom. The Hall–Kier alpha value is -2.11. The van der Waals surface area contributed by atoms with Crippen LogP contribution in [0.1, 0.15) is 400 Å². The lowest BCUT2D eigenvalue weighted by atomic mass is 10.0. The molecule has 460 valence electrons. The quantitative estimate of drug-likeness (QED) is 0.0261. The SMILES string of the molecule is CCCCCCC/C=C\C/C=C\CCCCCCCCCCCCCCCC(=O)OC(COC(=O)CCCCCCCC)COC(=O)CCCCCCCCCCCCCCCCCCCCCCCCCCCCCCC. The molecule has 0 bridgehead atoms. The first kappa shape index (κ1) is 75.9. The Morgan fingerprint density at radius 2 is 0.462 bits per heavy atom. The minimum Gasteiger partial charge on any atom is -0.462 e. The number of hydrogen-bond donors (Lipinski definition) is 0. The highest BCUT2D eigenvalue weighted by atomic mass is 16.6. The first-order chi connectivity index (χ1) is 38.5. The van der Waals surface area contributed by atoms with Gasteiger partial charge in [-0.3, -0.25) is 14.4 Å². The van der Waals surface area contributed by atoms with Crippen LogP contribution in [0, 0.1) is 0 Å². The van der Waals surface area contributed by atoms with E-state index in [0.29, 0.717) is 19.3 Å². The van der Waals surface area contributed by atoms with Crippen LogP contribution in [0.15, 0.2) is 24.3 Å². The molecular weight excluding hydrogens is 961 g/mol. The van der Waals surface area contributed by atoms with Crippen molar-refractivity contribution in [2.75, 3.05) is 13.2 Å². The van der Waals surface area contributed by atoms with Crippen LogP contribution in [-0.4, -0.2) is 37.2 Å². The van der Waals surface area contributed by atoms with Gasteiger partial charge in [-0.05, 0) is 51.4 Å². The minimum atomic E-state index is -0.766. The lowest BCUT2D eigenvalue weighted by Crippen LogP contribution is -2.30. The van der Waals surface area contributed by atoms with Gasteiger partial charge in [0.25, 0.3) is 0 Å².